The van der Waals surface area contributed by atoms with E-state index >= 15 is 0 Å². The molecule has 0 aliphatic carbocycles. The molecule has 0 atom stereocenters. The van der Waals surface area contributed by atoms with Crippen LogP contribution in [-0.2, 0) is 53.2 Å². The molecule has 0 aliphatic rings. The van der Waals surface area contributed by atoms with Crippen LogP contribution in [0, 0.1) is 0 Å². The maximum atomic E-state index is 4.97. The number of benzene rings is 4. The van der Waals surface area contributed by atoms with E-state index in [4.69, 9.17) is 27.9 Å². The first-order chi connectivity index (χ1) is 33.2. The molecule has 0 spiro atoms. The molecule has 68 heavy (non-hydrogen) atoms. The number of aryl methyl sites for hydroxylation is 6. The Kier molecular flexibility index (Phi) is 30.0. The maximum absolute atomic E-state index is 4.97. The van der Waals surface area contributed by atoms with Gasteiger partial charge in [-0.25, -0.2) is 0 Å². The zero-order valence-electron chi connectivity index (χ0n) is 44.0. The molecule has 0 N–H and O–H groups in total. The van der Waals surface area contributed by atoms with Crippen LogP contribution in [0.4, 0.5) is 0 Å². The molecule has 5 heteroatoms. The molecule has 0 saturated carbocycles. The average Bonchev–Trinajstić information content (AvgIpc) is 3.77. The summed E-state index contributed by atoms with van der Waals surface area (Å²) < 4.78 is 0. The summed E-state index contributed by atoms with van der Waals surface area (Å²) >= 11 is -1.92. The van der Waals surface area contributed by atoms with E-state index in [0.717, 1.165) is 0 Å². The molecule has 0 bridgehead atoms. The monoisotopic (exact) mass is 1030 g/mol. The SMILES string of the molecule is CCCCCCc1cc(CCCCCC)cc([Si](c2cc(CCCCCC)cc(CCCCCC)c2)(c2cc(CCCCCC)cc(CCCCCC)c2)[c-]2ccc3ccccc32)c1.[Cl][Ti+]([Cl])[Cl]. The van der Waals surface area contributed by atoms with Crippen LogP contribution < -0.4 is 20.7 Å². The molecule has 0 radical (unpaired) electrons. The van der Waals surface area contributed by atoms with Crippen LogP contribution in [0.25, 0.3) is 10.8 Å². The van der Waals surface area contributed by atoms with Gasteiger partial charge >= 0.3 is 42.6 Å². The van der Waals surface area contributed by atoms with Gasteiger partial charge in [0.2, 0.25) is 0 Å². The van der Waals surface area contributed by atoms with E-state index in [1.54, 1.807) is 54.1 Å². The molecule has 5 rings (SSSR count). The molecule has 0 nitrogen and oxygen atoms in total. The average molecular weight is 1030 g/mol. The fraction of sp³-hybridized carbons (Fsp3) is 0.571. The summed E-state index contributed by atoms with van der Waals surface area (Å²) in [7, 11) is 12.0. The van der Waals surface area contributed by atoms with Crippen molar-refractivity contribution in [1.29, 1.82) is 0 Å². The first kappa shape index (κ1) is 58.9. The molecule has 374 valence electrons. The van der Waals surface area contributed by atoms with E-state index in [0.29, 0.717) is 0 Å². The Bertz CT molecular complexity index is 1830. The van der Waals surface area contributed by atoms with Gasteiger partial charge in [-0.1, -0.05) is 233 Å². The summed E-state index contributed by atoms with van der Waals surface area (Å²) in [5, 5.41) is 9.41. The topological polar surface area (TPSA) is 0 Å². The summed E-state index contributed by atoms with van der Waals surface area (Å²) in [6, 6.07) is 39.2. The molecule has 0 aliphatic heterocycles. The van der Waals surface area contributed by atoms with E-state index in [9.17, 15) is 0 Å². The zero-order chi connectivity index (χ0) is 48.8. The van der Waals surface area contributed by atoms with Gasteiger partial charge in [0, 0.05) is 0 Å². The van der Waals surface area contributed by atoms with Gasteiger partial charge in [0.15, 0.2) is 0 Å². The van der Waals surface area contributed by atoms with Crippen molar-refractivity contribution in [2.45, 2.75) is 234 Å². The van der Waals surface area contributed by atoms with Crippen LogP contribution >= 0.6 is 27.9 Å². The van der Waals surface area contributed by atoms with Gasteiger partial charge in [0.05, 0.1) is 0 Å². The van der Waals surface area contributed by atoms with Crippen molar-refractivity contribution >= 4 is 67.5 Å². The third-order valence-electron chi connectivity index (χ3n) is 14.5. The van der Waals surface area contributed by atoms with Crippen LogP contribution in [-0.4, -0.2) is 8.07 Å². The second-order valence-electron chi connectivity index (χ2n) is 20.3. The van der Waals surface area contributed by atoms with Crippen molar-refractivity contribution < 1.29 is 14.7 Å². The molecule has 0 aromatic heterocycles. The van der Waals surface area contributed by atoms with Crippen LogP contribution in [0.15, 0.2) is 91.0 Å². The van der Waals surface area contributed by atoms with Gasteiger partial charge in [0.1, 0.15) is 8.07 Å². The summed E-state index contributed by atoms with van der Waals surface area (Å²) in [4.78, 5) is 0. The first-order valence-corrected chi connectivity index (χ1v) is 36.6. The number of fused-ring (bicyclic) bond motifs is 1. The second kappa shape index (κ2) is 34.6. The number of unbranched alkanes of at least 4 members (excludes halogenated alkanes) is 18. The number of rotatable bonds is 34. The van der Waals surface area contributed by atoms with Gasteiger partial charge in [0.25, 0.3) is 0 Å². The molecule has 5 aromatic carbocycles. The van der Waals surface area contributed by atoms with Crippen LogP contribution in [0.5, 0.6) is 0 Å². The Morgan fingerprint density at radius 1 is 0.353 bits per heavy atom. The fourth-order valence-electron chi connectivity index (χ4n) is 10.8. The Morgan fingerprint density at radius 2 is 0.618 bits per heavy atom. The van der Waals surface area contributed by atoms with Crippen molar-refractivity contribution in [3.8, 4) is 0 Å². The first-order valence-electron chi connectivity index (χ1n) is 28.1. The standard InChI is InChI=1S/C63H93Si.3ClH.Ti/c1-7-13-19-25-33-52-43-53(34-26-20-14-8-2)47-59(46-52)64(63-42-41-58-39-31-32-40-62(58)63,60-48-54(35-27-21-15-9-3)44-55(49-60)36-28-22-16-10-4)61-50-56(37-29-23-17-11-5)45-57(51-61)38-30-24-18-12-6;;;;/h31-32,39-51H,7-30,33-38H2,1-6H3;3*1H;/q-1;;;;+4/p-3. The van der Waals surface area contributed by atoms with Crippen molar-refractivity contribution in [2.75, 3.05) is 0 Å². The predicted octanol–water partition coefficient (Wildman–Crippen LogP) is 18.7. The molecule has 0 amide bonds. The van der Waals surface area contributed by atoms with Crippen molar-refractivity contribution in [3.63, 3.8) is 0 Å². The Balaban J connectivity index is 0.00000242. The van der Waals surface area contributed by atoms with Crippen LogP contribution in [0.2, 0.25) is 0 Å². The molecule has 5 aromatic rings. The quantitative estimate of drug-likeness (QED) is 0.0167. The third kappa shape index (κ3) is 19.7. The Labute approximate surface area is 437 Å². The van der Waals surface area contributed by atoms with Crippen molar-refractivity contribution in [3.05, 3.63) is 124 Å². The Hall–Kier alpha value is -1.71. The van der Waals surface area contributed by atoms with Gasteiger partial charge in [-0.15, -0.1) is 34.2 Å². The normalized spacial score (nSPS) is 11.6. The Morgan fingerprint density at radius 3 is 0.882 bits per heavy atom. The molecule has 0 fully saturated rings. The number of hydrogen-bond donors (Lipinski definition) is 0. The molecule has 0 heterocycles. The van der Waals surface area contributed by atoms with E-state index in [-0.39, 0.29) is 0 Å². The molecular weight excluding hydrogens is 939 g/mol. The molecular formula is C63H93Cl3SiTi. The van der Waals surface area contributed by atoms with Gasteiger partial charge in [-0.2, -0.15) is 12.1 Å². The second-order valence-corrected chi connectivity index (χ2v) is 31.8. The predicted molar refractivity (Wildman–Crippen MR) is 308 cm³/mol. The minimum atomic E-state index is -2.93. The summed E-state index contributed by atoms with van der Waals surface area (Å²) in [5.74, 6) is 0. The summed E-state index contributed by atoms with van der Waals surface area (Å²) in [5.41, 5.74) is 9.49. The van der Waals surface area contributed by atoms with E-state index in [1.807, 2.05) is 0 Å². The van der Waals surface area contributed by atoms with Gasteiger partial charge in [-0.3, -0.25) is 0 Å². The van der Waals surface area contributed by atoms with E-state index in [2.05, 4.69) is 133 Å². The zero-order valence-corrected chi connectivity index (χ0v) is 48.8. The van der Waals surface area contributed by atoms with Crippen LogP contribution in [0.3, 0.4) is 0 Å². The van der Waals surface area contributed by atoms with Crippen LogP contribution in [0.1, 0.15) is 229 Å². The van der Waals surface area contributed by atoms with Crippen molar-refractivity contribution in [2.24, 2.45) is 0 Å². The fourth-order valence-corrected chi connectivity index (χ4v) is 16.1. The number of halogens is 3. The summed E-state index contributed by atoms with van der Waals surface area (Å²) in [6.07, 6.45) is 38.5. The van der Waals surface area contributed by atoms with E-state index in [1.165, 1.54) is 203 Å². The minimum absolute atomic E-state index is 1.18. The van der Waals surface area contributed by atoms with Gasteiger partial charge < -0.3 is 0 Å². The van der Waals surface area contributed by atoms with E-state index < -0.39 is 22.8 Å². The molecule has 0 saturated heterocycles. The van der Waals surface area contributed by atoms with Crippen molar-refractivity contribution in [1.82, 2.24) is 0 Å². The third-order valence-corrected chi connectivity index (χ3v) is 19.2. The summed E-state index contributed by atoms with van der Waals surface area (Å²) in [6.45, 7) is 14.1. The number of hydrogen-bond acceptors (Lipinski definition) is 0. The molecule has 0 unspecified atom stereocenters. The van der Waals surface area contributed by atoms with Gasteiger partial charge in [-0.05, 0) is 110 Å².